The van der Waals surface area contributed by atoms with Crippen LogP contribution in [-0.2, 0) is 0 Å². The van der Waals surface area contributed by atoms with E-state index < -0.39 is 0 Å². The fourth-order valence-corrected chi connectivity index (χ4v) is 6.06. The number of thiophene rings is 1. The van der Waals surface area contributed by atoms with E-state index in [1.165, 1.54) is 11.3 Å². The highest BCUT2D eigenvalue weighted by atomic mass is 35.5. The molecule has 30 heavy (non-hydrogen) atoms. The monoisotopic (exact) mass is 457 g/mol. The molecule has 0 radical (unpaired) electrons. The summed E-state index contributed by atoms with van der Waals surface area (Å²) in [6.07, 6.45) is 0. The fourth-order valence-electron chi connectivity index (χ4n) is 3.53. The molecule has 0 aliphatic carbocycles. The predicted octanol–water partition coefficient (Wildman–Crippen LogP) is 6.46. The van der Waals surface area contributed by atoms with E-state index in [0.717, 1.165) is 50.6 Å². The minimum absolute atomic E-state index is 0.0786. The zero-order valence-electron chi connectivity index (χ0n) is 17.3. The highest BCUT2D eigenvalue weighted by Gasteiger charge is 2.26. The summed E-state index contributed by atoms with van der Waals surface area (Å²) in [5.41, 5.74) is 2.08. The molecule has 156 valence electrons. The molecular formula is C23H24ClN3OS2. The van der Waals surface area contributed by atoms with Crippen LogP contribution in [0.2, 0.25) is 5.02 Å². The average molecular weight is 458 g/mol. The number of carbonyl (C=O) groups is 1. The van der Waals surface area contributed by atoms with E-state index in [4.69, 9.17) is 16.6 Å². The van der Waals surface area contributed by atoms with Crippen molar-refractivity contribution in [3.63, 3.8) is 0 Å². The van der Waals surface area contributed by atoms with Gasteiger partial charge in [0.1, 0.15) is 4.88 Å². The molecule has 0 fully saturated rings. The summed E-state index contributed by atoms with van der Waals surface area (Å²) in [7, 11) is 0. The van der Waals surface area contributed by atoms with E-state index in [2.05, 4.69) is 37.8 Å². The summed E-state index contributed by atoms with van der Waals surface area (Å²) < 4.78 is 2.11. The second kappa shape index (κ2) is 9.02. The lowest BCUT2D eigenvalue weighted by Gasteiger charge is -2.24. The summed E-state index contributed by atoms with van der Waals surface area (Å²) in [5.74, 6) is -0.0786. The number of hydrogen-bond acceptors (Lipinski definition) is 5. The Morgan fingerprint density at radius 1 is 1.00 bits per heavy atom. The van der Waals surface area contributed by atoms with Crippen LogP contribution in [0.1, 0.15) is 29.1 Å². The van der Waals surface area contributed by atoms with Gasteiger partial charge in [-0.3, -0.25) is 9.69 Å². The number of hydrogen-bond donors (Lipinski definition) is 0. The molecule has 0 N–H and O–H groups in total. The maximum absolute atomic E-state index is 13.7. The summed E-state index contributed by atoms with van der Waals surface area (Å²) >= 11 is 9.65. The molecule has 0 saturated carbocycles. The summed E-state index contributed by atoms with van der Waals surface area (Å²) in [5, 5.41) is 2.19. The minimum Gasteiger partial charge on any atom is -0.302 e. The van der Waals surface area contributed by atoms with E-state index in [1.807, 2.05) is 30.3 Å². The van der Waals surface area contributed by atoms with E-state index >= 15 is 0 Å². The number of rotatable bonds is 7. The van der Waals surface area contributed by atoms with Gasteiger partial charge >= 0.3 is 0 Å². The van der Waals surface area contributed by atoms with E-state index in [-0.39, 0.29) is 5.91 Å². The highest BCUT2D eigenvalue weighted by molar-refractivity contribution is 7.23. The van der Waals surface area contributed by atoms with Gasteiger partial charge in [-0.05, 0) is 37.7 Å². The predicted molar refractivity (Wildman–Crippen MR) is 131 cm³/mol. The largest absolute Gasteiger partial charge is 0.302 e. The van der Waals surface area contributed by atoms with Crippen LogP contribution in [0.5, 0.6) is 0 Å². The zero-order valence-corrected chi connectivity index (χ0v) is 19.7. The van der Waals surface area contributed by atoms with Crippen molar-refractivity contribution in [1.29, 1.82) is 0 Å². The number of carbonyl (C=O) groups excluding carboxylic acids is 1. The number of benzene rings is 2. The van der Waals surface area contributed by atoms with Crippen LogP contribution in [0.25, 0.3) is 20.3 Å². The SMILES string of the molecule is CCN(CC)CCN(C(=O)c1sc2ccccc2c1Cl)c1nc2c(C)cccc2s1. The van der Waals surface area contributed by atoms with E-state index in [1.54, 1.807) is 16.2 Å². The van der Waals surface area contributed by atoms with Crippen LogP contribution in [0.15, 0.2) is 42.5 Å². The molecule has 0 unspecified atom stereocenters. The molecule has 2 heterocycles. The van der Waals surface area contributed by atoms with Gasteiger partial charge in [0.2, 0.25) is 0 Å². The number of likely N-dealkylation sites (N-methyl/N-ethyl adjacent to an activating group) is 1. The van der Waals surface area contributed by atoms with Gasteiger partial charge in [0, 0.05) is 23.2 Å². The van der Waals surface area contributed by atoms with Gasteiger partial charge in [0.15, 0.2) is 5.13 Å². The molecule has 4 nitrogen and oxygen atoms in total. The van der Waals surface area contributed by atoms with Gasteiger partial charge in [-0.25, -0.2) is 4.98 Å². The van der Waals surface area contributed by atoms with Crippen LogP contribution in [0.4, 0.5) is 5.13 Å². The lowest BCUT2D eigenvalue weighted by molar-refractivity contribution is 0.0988. The van der Waals surface area contributed by atoms with Gasteiger partial charge in [0.05, 0.1) is 15.2 Å². The number of nitrogens with zero attached hydrogens (tertiary/aromatic N) is 3. The molecule has 0 saturated heterocycles. The molecule has 2 aromatic carbocycles. The van der Waals surface area contributed by atoms with Crippen LogP contribution in [-0.4, -0.2) is 42.0 Å². The Morgan fingerprint density at radius 3 is 2.43 bits per heavy atom. The first-order valence-corrected chi connectivity index (χ1v) is 12.1. The third-order valence-corrected chi connectivity index (χ3v) is 8.06. The Bertz CT molecular complexity index is 1200. The molecule has 4 aromatic rings. The van der Waals surface area contributed by atoms with Gasteiger partial charge in [-0.2, -0.15) is 0 Å². The van der Waals surface area contributed by atoms with Crippen molar-refractivity contribution >= 4 is 65.6 Å². The molecule has 1 amide bonds. The van der Waals surface area contributed by atoms with Crippen molar-refractivity contribution in [3.05, 3.63) is 57.9 Å². The van der Waals surface area contributed by atoms with Gasteiger partial charge in [-0.1, -0.05) is 67.1 Å². The minimum atomic E-state index is -0.0786. The molecule has 4 rings (SSSR count). The number of aromatic nitrogens is 1. The number of halogens is 1. The summed E-state index contributed by atoms with van der Waals surface area (Å²) in [6.45, 7) is 9.58. The van der Waals surface area contributed by atoms with E-state index in [0.29, 0.717) is 16.4 Å². The molecule has 0 aliphatic heterocycles. The molecule has 2 aromatic heterocycles. The normalized spacial score (nSPS) is 11.6. The van der Waals surface area contributed by atoms with Gasteiger partial charge < -0.3 is 4.90 Å². The fraction of sp³-hybridized carbons (Fsp3) is 0.304. The molecule has 0 aliphatic rings. The number of aryl methyl sites for hydroxylation is 1. The Morgan fingerprint density at radius 2 is 1.73 bits per heavy atom. The molecule has 0 atom stereocenters. The number of anilines is 1. The topological polar surface area (TPSA) is 36.4 Å². The molecular weight excluding hydrogens is 434 g/mol. The zero-order chi connectivity index (χ0) is 21.3. The Balaban J connectivity index is 1.76. The van der Waals surface area contributed by atoms with Gasteiger partial charge in [0.25, 0.3) is 5.91 Å². The van der Waals surface area contributed by atoms with Crippen molar-refractivity contribution in [1.82, 2.24) is 9.88 Å². The summed E-state index contributed by atoms with van der Waals surface area (Å²) in [6, 6.07) is 14.0. The van der Waals surface area contributed by atoms with Crippen LogP contribution < -0.4 is 4.90 Å². The van der Waals surface area contributed by atoms with Crippen LogP contribution >= 0.6 is 34.3 Å². The van der Waals surface area contributed by atoms with E-state index in [9.17, 15) is 4.79 Å². The molecule has 7 heteroatoms. The molecule has 0 spiro atoms. The second-order valence-corrected chi connectivity index (χ2v) is 9.58. The lowest BCUT2D eigenvalue weighted by Crippen LogP contribution is -2.38. The van der Waals surface area contributed by atoms with Gasteiger partial charge in [-0.15, -0.1) is 11.3 Å². The maximum Gasteiger partial charge on any atom is 0.271 e. The number of thiazole rings is 1. The first-order chi connectivity index (χ1) is 14.5. The number of amides is 1. The van der Waals surface area contributed by atoms with Crippen molar-refractivity contribution in [2.75, 3.05) is 31.1 Å². The third kappa shape index (κ3) is 3.97. The van der Waals surface area contributed by atoms with Crippen molar-refractivity contribution in [2.45, 2.75) is 20.8 Å². The van der Waals surface area contributed by atoms with Crippen molar-refractivity contribution < 1.29 is 4.79 Å². The third-order valence-electron chi connectivity index (χ3n) is 5.35. The molecule has 0 bridgehead atoms. The Hall–Kier alpha value is -1.99. The Kier molecular flexibility index (Phi) is 6.39. The first-order valence-electron chi connectivity index (χ1n) is 10.1. The van der Waals surface area contributed by atoms with Crippen LogP contribution in [0, 0.1) is 6.92 Å². The standard InChI is InChI=1S/C23H24ClN3OS2/c1-4-26(5-2)13-14-27(23-25-20-15(3)9-8-12-18(20)30-23)22(28)21-19(24)16-10-6-7-11-17(16)29-21/h6-12H,4-5,13-14H2,1-3H3. The average Bonchev–Trinajstić information content (AvgIpc) is 3.33. The van der Waals surface area contributed by atoms with Crippen molar-refractivity contribution in [2.24, 2.45) is 0 Å². The van der Waals surface area contributed by atoms with Crippen molar-refractivity contribution in [3.8, 4) is 0 Å². The first kappa shape index (κ1) is 21.2. The number of para-hydroxylation sites is 1. The Labute approximate surface area is 189 Å². The number of fused-ring (bicyclic) bond motifs is 2. The lowest BCUT2D eigenvalue weighted by atomic mass is 10.2. The maximum atomic E-state index is 13.7. The summed E-state index contributed by atoms with van der Waals surface area (Å²) in [4.78, 5) is 23.2. The smallest absolute Gasteiger partial charge is 0.271 e. The second-order valence-electron chi connectivity index (χ2n) is 7.14. The quantitative estimate of drug-likeness (QED) is 0.319. The van der Waals surface area contributed by atoms with Crippen LogP contribution in [0.3, 0.4) is 0 Å². The highest BCUT2D eigenvalue weighted by Crippen LogP contribution is 2.38.